The van der Waals surface area contributed by atoms with E-state index in [-0.39, 0.29) is 11.8 Å². The van der Waals surface area contributed by atoms with E-state index in [1.54, 1.807) is 0 Å². The molecule has 0 spiro atoms. The Labute approximate surface area is 180 Å². The van der Waals surface area contributed by atoms with E-state index in [9.17, 15) is 14.3 Å². The van der Waals surface area contributed by atoms with Gasteiger partial charge in [0.15, 0.2) is 11.6 Å². The number of halogens is 1. The number of nitrogens with one attached hydrogen (secondary N) is 1. The zero-order valence-corrected chi connectivity index (χ0v) is 17.8. The molecule has 3 saturated carbocycles. The number of H-pyrrole nitrogens is 1. The Bertz CT molecular complexity index is 1130. The topological polar surface area (TPSA) is 82.1 Å². The van der Waals surface area contributed by atoms with Crippen molar-refractivity contribution in [3.8, 4) is 11.4 Å². The van der Waals surface area contributed by atoms with Crippen LogP contribution >= 0.6 is 0 Å². The van der Waals surface area contributed by atoms with Gasteiger partial charge in [0.2, 0.25) is 0 Å². The van der Waals surface area contributed by atoms with Gasteiger partial charge >= 0.3 is 5.97 Å². The van der Waals surface area contributed by atoms with Gasteiger partial charge in [-0.3, -0.25) is 4.79 Å². The first-order valence-electron chi connectivity index (χ1n) is 11.0. The number of benzene rings is 1. The van der Waals surface area contributed by atoms with Crippen molar-refractivity contribution in [2.75, 3.05) is 19.0 Å². The molecule has 3 fully saturated rings. The quantitative estimate of drug-likeness (QED) is 0.632. The highest BCUT2D eigenvalue weighted by Gasteiger charge is 2.47. The zero-order chi connectivity index (χ0) is 21.7. The fourth-order valence-corrected chi connectivity index (χ4v) is 5.85. The third-order valence-corrected chi connectivity index (χ3v) is 7.34. The molecular formula is C24H27FN4O2. The Morgan fingerprint density at radius 3 is 2.68 bits per heavy atom. The minimum Gasteiger partial charge on any atom is -0.481 e. The summed E-state index contributed by atoms with van der Waals surface area (Å²) in [5, 5.41) is 10.8. The van der Waals surface area contributed by atoms with Gasteiger partial charge in [0.1, 0.15) is 0 Å². The predicted octanol–water partition coefficient (Wildman–Crippen LogP) is 4.51. The van der Waals surface area contributed by atoms with Crippen molar-refractivity contribution in [3.05, 3.63) is 42.1 Å². The van der Waals surface area contributed by atoms with Crippen LogP contribution in [0.3, 0.4) is 0 Å². The number of hydrogen-bond acceptors (Lipinski definition) is 4. The molecular weight excluding hydrogens is 395 g/mol. The maximum Gasteiger partial charge on any atom is 0.307 e. The summed E-state index contributed by atoms with van der Waals surface area (Å²) in [4.78, 5) is 26.2. The molecule has 7 heteroatoms. The molecule has 1 aromatic carbocycles. The Kier molecular flexibility index (Phi) is 4.91. The lowest BCUT2D eigenvalue weighted by Crippen LogP contribution is -2.45. The third-order valence-electron chi connectivity index (χ3n) is 7.34. The van der Waals surface area contributed by atoms with Crippen molar-refractivity contribution < 1.29 is 14.3 Å². The summed E-state index contributed by atoms with van der Waals surface area (Å²) in [6, 6.07) is 6.01. The fraction of sp³-hybridized carbons (Fsp3) is 0.458. The highest BCUT2D eigenvalue weighted by atomic mass is 19.1. The van der Waals surface area contributed by atoms with E-state index in [1.165, 1.54) is 6.20 Å². The number of nitrogens with zero attached hydrogens (tertiary/aromatic N) is 3. The smallest absolute Gasteiger partial charge is 0.307 e. The Morgan fingerprint density at radius 1 is 1.23 bits per heavy atom. The lowest BCUT2D eigenvalue weighted by molar-refractivity contribution is -0.152. The van der Waals surface area contributed by atoms with Crippen molar-refractivity contribution in [1.82, 2.24) is 15.0 Å². The number of anilines is 1. The van der Waals surface area contributed by atoms with Gasteiger partial charge in [-0.05, 0) is 55.9 Å². The number of carbonyl (C=O) groups is 1. The SMILES string of the molecule is CN(C)c1cccc2c(-c3ncc(F)c(CC4C5CCC(CC5)C4C(=O)O)n3)c[nH]c12. The minimum atomic E-state index is -0.748. The van der Waals surface area contributed by atoms with Crippen LogP contribution in [0, 0.1) is 29.5 Å². The first kappa shape index (κ1) is 20.0. The van der Waals surface area contributed by atoms with Crippen LogP contribution in [0.15, 0.2) is 30.6 Å². The molecule has 2 atom stereocenters. The van der Waals surface area contributed by atoms with Crippen LogP contribution in [0.4, 0.5) is 10.1 Å². The maximum atomic E-state index is 14.7. The van der Waals surface area contributed by atoms with Crippen molar-refractivity contribution in [3.63, 3.8) is 0 Å². The van der Waals surface area contributed by atoms with Crippen LogP contribution in [0.25, 0.3) is 22.3 Å². The van der Waals surface area contributed by atoms with Crippen molar-refractivity contribution in [1.29, 1.82) is 0 Å². The van der Waals surface area contributed by atoms with E-state index < -0.39 is 17.7 Å². The lowest BCUT2D eigenvalue weighted by atomic mass is 9.57. The van der Waals surface area contributed by atoms with Crippen molar-refractivity contribution >= 4 is 22.6 Å². The fourth-order valence-electron chi connectivity index (χ4n) is 5.85. The number of aliphatic carboxylic acids is 1. The first-order valence-corrected chi connectivity index (χ1v) is 11.0. The van der Waals surface area contributed by atoms with Crippen LogP contribution in [0.5, 0.6) is 0 Å². The number of hydrogen-bond donors (Lipinski definition) is 2. The van der Waals surface area contributed by atoms with E-state index in [0.29, 0.717) is 23.9 Å². The molecule has 0 saturated heterocycles. The largest absolute Gasteiger partial charge is 0.481 e. The Hall–Kier alpha value is -2.96. The second kappa shape index (κ2) is 7.62. The highest BCUT2D eigenvalue weighted by Crippen LogP contribution is 2.50. The third kappa shape index (κ3) is 3.36. The van der Waals surface area contributed by atoms with Gasteiger partial charge in [-0.2, -0.15) is 0 Å². The Morgan fingerprint density at radius 2 is 1.97 bits per heavy atom. The number of fused-ring (bicyclic) bond motifs is 4. The van der Waals surface area contributed by atoms with Gasteiger partial charge in [-0.1, -0.05) is 12.1 Å². The summed E-state index contributed by atoms with van der Waals surface area (Å²) < 4.78 is 14.7. The standard InChI is InChI=1S/C24H27FN4O2/c1-29(2)20-5-3-4-15-17(11-26-22(15)20)23-27-12-18(25)19(28-23)10-16-13-6-8-14(9-7-13)21(16)24(30)31/h3-5,11-14,16,21,26H,6-10H2,1-2H3,(H,30,31). The van der Waals surface area contributed by atoms with Gasteiger partial charge < -0.3 is 15.0 Å². The van der Waals surface area contributed by atoms with Crippen molar-refractivity contribution in [2.45, 2.75) is 32.1 Å². The summed E-state index contributed by atoms with van der Waals surface area (Å²) >= 11 is 0. The van der Waals surface area contributed by atoms with Crippen LogP contribution in [0.1, 0.15) is 31.4 Å². The molecule has 0 radical (unpaired) electrons. The normalized spacial score (nSPS) is 25.1. The van der Waals surface area contributed by atoms with Crippen molar-refractivity contribution in [2.24, 2.45) is 23.7 Å². The van der Waals surface area contributed by atoms with E-state index in [4.69, 9.17) is 0 Å². The lowest BCUT2D eigenvalue weighted by Gasteiger charge is -2.46. The molecule has 162 valence electrons. The van der Waals surface area contributed by atoms with E-state index in [2.05, 4.69) is 15.0 Å². The van der Waals surface area contributed by atoms with Crippen LogP contribution in [-0.2, 0) is 11.2 Å². The summed E-state index contributed by atoms with van der Waals surface area (Å²) in [6.07, 6.45) is 7.45. The number of para-hydroxylation sites is 1. The van der Waals surface area contributed by atoms with E-state index >= 15 is 0 Å². The molecule has 3 aromatic rings. The van der Waals surface area contributed by atoms with E-state index in [0.717, 1.165) is 47.8 Å². The predicted molar refractivity (Wildman–Crippen MR) is 117 cm³/mol. The summed E-state index contributed by atoms with van der Waals surface area (Å²) in [7, 11) is 3.97. The number of aromatic amines is 1. The summed E-state index contributed by atoms with van der Waals surface area (Å²) in [6.45, 7) is 0. The molecule has 3 aliphatic carbocycles. The molecule has 2 unspecified atom stereocenters. The number of carboxylic acid groups (broad SMARTS) is 1. The number of rotatable bonds is 5. The first-order chi connectivity index (χ1) is 14.9. The number of aromatic nitrogens is 3. The van der Waals surface area contributed by atoms with E-state index in [1.807, 2.05) is 43.4 Å². The van der Waals surface area contributed by atoms with Gasteiger partial charge in [-0.15, -0.1) is 0 Å². The molecule has 3 aliphatic rings. The van der Waals surface area contributed by atoms with Crippen LogP contribution < -0.4 is 4.90 Å². The maximum absolute atomic E-state index is 14.7. The van der Waals surface area contributed by atoms with Crippen LogP contribution in [0.2, 0.25) is 0 Å². The second-order valence-electron chi connectivity index (χ2n) is 9.19. The molecule has 6 rings (SSSR count). The molecule has 31 heavy (non-hydrogen) atoms. The zero-order valence-electron chi connectivity index (χ0n) is 17.8. The summed E-state index contributed by atoms with van der Waals surface area (Å²) in [5.41, 5.74) is 3.17. The van der Waals surface area contributed by atoms with Gasteiger partial charge in [-0.25, -0.2) is 14.4 Å². The average molecular weight is 423 g/mol. The Balaban J connectivity index is 1.51. The average Bonchev–Trinajstić information content (AvgIpc) is 3.20. The molecule has 0 amide bonds. The molecule has 2 aromatic heterocycles. The molecule has 0 aliphatic heterocycles. The molecule has 6 nitrogen and oxygen atoms in total. The van der Waals surface area contributed by atoms with Crippen LogP contribution in [-0.4, -0.2) is 40.1 Å². The van der Waals surface area contributed by atoms with Gasteiger partial charge in [0.25, 0.3) is 0 Å². The monoisotopic (exact) mass is 422 g/mol. The van der Waals surface area contributed by atoms with Gasteiger partial charge in [0, 0.05) is 31.2 Å². The van der Waals surface area contributed by atoms with Gasteiger partial charge in [0.05, 0.1) is 29.0 Å². The highest BCUT2D eigenvalue weighted by molar-refractivity contribution is 6.00. The minimum absolute atomic E-state index is 0.0643. The second-order valence-corrected chi connectivity index (χ2v) is 9.19. The molecule has 2 heterocycles. The summed E-state index contributed by atoms with van der Waals surface area (Å²) in [5.74, 6) is -0.669. The molecule has 2 bridgehead atoms. The number of carboxylic acids is 1. The molecule has 2 N–H and O–H groups in total.